The van der Waals surface area contributed by atoms with E-state index in [-0.39, 0.29) is 12.4 Å². The van der Waals surface area contributed by atoms with Crippen LogP contribution in [0, 0.1) is 13.8 Å². The molecule has 2 aromatic heterocycles. The van der Waals surface area contributed by atoms with Gasteiger partial charge >= 0.3 is 0 Å². The Morgan fingerprint density at radius 3 is 2.53 bits per heavy atom. The van der Waals surface area contributed by atoms with Crippen molar-refractivity contribution in [1.29, 1.82) is 0 Å². The summed E-state index contributed by atoms with van der Waals surface area (Å²) in [5.41, 5.74) is 8.64. The number of hydrogen-bond acceptors (Lipinski definition) is 5. The second-order valence-corrected chi connectivity index (χ2v) is 5.11. The van der Waals surface area contributed by atoms with Gasteiger partial charge in [0.15, 0.2) is 11.5 Å². The van der Waals surface area contributed by atoms with Gasteiger partial charge in [-0.2, -0.15) is 10.1 Å². The van der Waals surface area contributed by atoms with E-state index in [9.17, 15) is 0 Å². The molecule has 3 rings (SSSR count). The van der Waals surface area contributed by atoms with Crippen LogP contribution in [0.3, 0.4) is 0 Å². The summed E-state index contributed by atoms with van der Waals surface area (Å²) >= 11 is 0. The summed E-state index contributed by atoms with van der Waals surface area (Å²) in [6.45, 7) is 3.94. The molecule has 0 bridgehead atoms. The highest BCUT2D eigenvalue weighted by Crippen LogP contribution is 2.35. The summed E-state index contributed by atoms with van der Waals surface area (Å²) in [6.07, 6.45) is 4.09. The molecule has 6 nitrogen and oxygen atoms in total. The Morgan fingerprint density at radius 2 is 1.95 bits per heavy atom. The highest BCUT2D eigenvalue weighted by atomic mass is 35.5. The van der Waals surface area contributed by atoms with E-state index < -0.39 is 5.54 Å². The second kappa shape index (κ2) is 4.94. The SMILES string of the molecule is Cc1[nH]nc(-c2nc(C3(N)CCCC3)no2)c1C.Cl. The first-order chi connectivity index (χ1) is 8.60. The maximum absolute atomic E-state index is 6.30. The topological polar surface area (TPSA) is 93.6 Å². The molecule has 19 heavy (non-hydrogen) atoms. The number of aromatic amines is 1. The molecule has 0 aromatic carbocycles. The van der Waals surface area contributed by atoms with Gasteiger partial charge in [-0.3, -0.25) is 5.10 Å². The number of nitrogens with zero attached hydrogens (tertiary/aromatic N) is 3. The summed E-state index contributed by atoms with van der Waals surface area (Å²) in [4.78, 5) is 4.42. The van der Waals surface area contributed by atoms with Crippen molar-refractivity contribution in [3.05, 3.63) is 17.1 Å². The fourth-order valence-electron chi connectivity index (χ4n) is 2.44. The molecule has 0 aliphatic heterocycles. The number of H-pyrrole nitrogens is 1. The van der Waals surface area contributed by atoms with Crippen LogP contribution in [-0.4, -0.2) is 20.3 Å². The third-order valence-corrected chi connectivity index (χ3v) is 3.82. The first kappa shape index (κ1) is 14.0. The number of nitrogens with one attached hydrogen (secondary N) is 1. The van der Waals surface area contributed by atoms with Crippen molar-refractivity contribution in [2.45, 2.75) is 45.1 Å². The molecule has 0 spiro atoms. The Kier molecular flexibility index (Phi) is 3.64. The quantitative estimate of drug-likeness (QED) is 0.881. The number of halogens is 1. The van der Waals surface area contributed by atoms with E-state index in [0.717, 1.165) is 36.9 Å². The summed E-state index contributed by atoms with van der Waals surface area (Å²) in [5, 5.41) is 11.1. The minimum absolute atomic E-state index is 0. The molecule has 1 aliphatic rings. The van der Waals surface area contributed by atoms with Crippen LogP contribution >= 0.6 is 12.4 Å². The van der Waals surface area contributed by atoms with Crippen molar-refractivity contribution in [3.8, 4) is 11.6 Å². The smallest absolute Gasteiger partial charge is 0.278 e. The lowest BCUT2D eigenvalue weighted by molar-refractivity contribution is 0.372. The lowest BCUT2D eigenvalue weighted by Crippen LogP contribution is -2.34. The molecule has 0 unspecified atom stereocenters. The lowest BCUT2D eigenvalue weighted by Gasteiger charge is -2.17. The average molecular weight is 284 g/mol. The zero-order chi connectivity index (χ0) is 12.8. The van der Waals surface area contributed by atoms with Gasteiger partial charge in [0.05, 0.1) is 5.54 Å². The van der Waals surface area contributed by atoms with Crippen molar-refractivity contribution >= 4 is 12.4 Å². The molecule has 2 heterocycles. The third-order valence-electron chi connectivity index (χ3n) is 3.82. The lowest BCUT2D eigenvalue weighted by atomic mass is 9.99. The van der Waals surface area contributed by atoms with Gasteiger partial charge in [-0.25, -0.2) is 0 Å². The van der Waals surface area contributed by atoms with Crippen molar-refractivity contribution in [2.24, 2.45) is 5.73 Å². The second-order valence-electron chi connectivity index (χ2n) is 5.11. The monoisotopic (exact) mass is 283 g/mol. The number of hydrogen-bond donors (Lipinski definition) is 2. The van der Waals surface area contributed by atoms with Crippen LogP contribution in [0.5, 0.6) is 0 Å². The minimum atomic E-state index is -0.416. The number of rotatable bonds is 2. The molecular formula is C12H18ClN5O. The van der Waals surface area contributed by atoms with Crippen molar-refractivity contribution in [1.82, 2.24) is 20.3 Å². The minimum Gasteiger partial charge on any atom is -0.332 e. The van der Waals surface area contributed by atoms with E-state index in [1.54, 1.807) is 0 Å². The summed E-state index contributed by atoms with van der Waals surface area (Å²) in [7, 11) is 0. The van der Waals surface area contributed by atoms with Gasteiger partial charge in [-0.15, -0.1) is 12.4 Å². The van der Waals surface area contributed by atoms with Gasteiger partial charge in [0.1, 0.15) is 0 Å². The maximum Gasteiger partial charge on any atom is 0.278 e. The fourth-order valence-corrected chi connectivity index (χ4v) is 2.44. The number of aryl methyl sites for hydroxylation is 1. The molecule has 0 radical (unpaired) electrons. The van der Waals surface area contributed by atoms with Crippen LogP contribution in [0.2, 0.25) is 0 Å². The average Bonchev–Trinajstić information content (AvgIpc) is 3.03. The standard InChI is InChI=1S/C12H17N5O.ClH/c1-7-8(2)15-16-9(7)10-14-11(17-18-10)12(13)5-3-4-6-12;/h3-6,13H2,1-2H3,(H,15,16);1H. The Morgan fingerprint density at radius 1 is 1.26 bits per heavy atom. The highest BCUT2D eigenvalue weighted by molar-refractivity contribution is 5.85. The molecule has 3 N–H and O–H groups in total. The molecule has 1 fully saturated rings. The molecular weight excluding hydrogens is 266 g/mol. The van der Waals surface area contributed by atoms with Crippen molar-refractivity contribution < 1.29 is 4.52 Å². The first-order valence-corrected chi connectivity index (χ1v) is 6.25. The van der Waals surface area contributed by atoms with Crippen LogP contribution in [-0.2, 0) is 5.54 Å². The molecule has 0 amide bonds. The summed E-state index contributed by atoms with van der Waals surface area (Å²) < 4.78 is 5.30. The van der Waals surface area contributed by atoms with Gasteiger partial charge in [-0.1, -0.05) is 18.0 Å². The van der Waals surface area contributed by atoms with Crippen molar-refractivity contribution in [3.63, 3.8) is 0 Å². The van der Waals surface area contributed by atoms with Crippen LogP contribution in [0.15, 0.2) is 4.52 Å². The zero-order valence-electron chi connectivity index (χ0n) is 11.1. The van der Waals surface area contributed by atoms with E-state index in [0.29, 0.717) is 17.4 Å². The van der Waals surface area contributed by atoms with Gasteiger partial charge in [0.25, 0.3) is 5.89 Å². The zero-order valence-corrected chi connectivity index (χ0v) is 11.9. The fraction of sp³-hybridized carbons (Fsp3) is 0.583. The van der Waals surface area contributed by atoms with E-state index in [1.165, 1.54) is 0 Å². The van der Waals surface area contributed by atoms with Crippen LogP contribution < -0.4 is 5.73 Å². The largest absolute Gasteiger partial charge is 0.332 e. The van der Waals surface area contributed by atoms with E-state index in [2.05, 4.69) is 20.3 Å². The molecule has 104 valence electrons. The normalized spacial score (nSPS) is 17.4. The Hall–Kier alpha value is -1.40. The molecule has 7 heteroatoms. The number of aromatic nitrogens is 4. The molecule has 1 saturated carbocycles. The summed E-state index contributed by atoms with van der Waals surface area (Å²) in [5.74, 6) is 1.05. The van der Waals surface area contributed by atoms with Crippen LogP contribution in [0.25, 0.3) is 11.6 Å². The van der Waals surface area contributed by atoms with Crippen LogP contribution in [0.4, 0.5) is 0 Å². The van der Waals surface area contributed by atoms with E-state index >= 15 is 0 Å². The highest BCUT2D eigenvalue weighted by Gasteiger charge is 2.36. The van der Waals surface area contributed by atoms with Crippen LogP contribution in [0.1, 0.15) is 42.8 Å². The van der Waals surface area contributed by atoms with Crippen molar-refractivity contribution in [2.75, 3.05) is 0 Å². The Balaban J connectivity index is 0.00000133. The first-order valence-electron chi connectivity index (χ1n) is 6.25. The molecule has 0 saturated heterocycles. The molecule has 0 atom stereocenters. The van der Waals surface area contributed by atoms with E-state index in [1.807, 2.05) is 13.8 Å². The van der Waals surface area contributed by atoms with E-state index in [4.69, 9.17) is 10.3 Å². The van der Waals surface area contributed by atoms with Gasteiger partial charge in [-0.05, 0) is 26.7 Å². The Bertz CT molecular complexity index is 570. The predicted octanol–water partition coefficient (Wildman–Crippen LogP) is 2.23. The Labute approximate surface area is 117 Å². The van der Waals surface area contributed by atoms with Gasteiger partial charge < -0.3 is 10.3 Å². The molecule has 2 aromatic rings. The third kappa shape index (κ3) is 2.26. The predicted molar refractivity (Wildman–Crippen MR) is 72.9 cm³/mol. The molecule has 1 aliphatic carbocycles. The number of nitrogens with two attached hydrogens (primary N) is 1. The van der Waals surface area contributed by atoms with Gasteiger partial charge in [0, 0.05) is 11.3 Å². The van der Waals surface area contributed by atoms with Gasteiger partial charge in [0.2, 0.25) is 0 Å². The maximum atomic E-state index is 6.30. The summed E-state index contributed by atoms with van der Waals surface area (Å²) in [6, 6.07) is 0.